The van der Waals surface area contributed by atoms with Crippen LogP contribution in [0.5, 0.6) is 0 Å². The van der Waals surface area contributed by atoms with E-state index in [0.717, 1.165) is 19.4 Å². The summed E-state index contributed by atoms with van der Waals surface area (Å²) in [7, 11) is -3.69. The number of sulfonamides is 1. The van der Waals surface area contributed by atoms with E-state index >= 15 is 0 Å². The molecule has 1 aromatic carbocycles. The molecule has 1 atom stereocenters. The number of anilines is 2. The van der Waals surface area contributed by atoms with E-state index in [2.05, 4.69) is 10.3 Å². The van der Waals surface area contributed by atoms with E-state index in [4.69, 9.17) is 5.73 Å². The average Bonchev–Trinajstić information content (AvgIpc) is 2.80. The van der Waals surface area contributed by atoms with Gasteiger partial charge in [-0.15, -0.1) is 0 Å². The number of nitrogens with zero attached hydrogens (tertiary/aromatic N) is 3. The highest BCUT2D eigenvalue weighted by atomic mass is 32.2. The summed E-state index contributed by atoms with van der Waals surface area (Å²) < 4.78 is 27.3. The Morgan fingerprint density at radius 2 is 1.94 bits per heavy atom. The summed E-state index contributed by atoms with van der Waals surface area (Å²) in [6.45, 7) is 7.29. The second-order valence-electron chi connectivity index (χ2n) is 8.12. The standard InChI is InChI=1S/C23H31N5O4S/c1-4-28(5-2)33(31,32)20-13-17(9-8-16(20)3)23(30)26-19-10-11-21(25-14-19)27-12-6-7-18(15-27)22(24)29/h8-11,13-14,18H,4-7,12,15H2,1-3H3,(H2,24,29)(H,26,30). The van der Waals surface area contributed by atoms with Crippen LogP contribution in [0.15, 0.2) is 41.4 Å². The highest BCUT2D eigenvalue weighted by Gasteiger charge is 2.26. The van der Waals surface area contributed by atoms with Crippen molar-refractivity contribution in [3.05, 3.63) is 47.7 Å². The smallest absolute Gasteiger partial charge is 0.255 e. The maximum Gasteiger partial charge on any atom is 0.255 e. The van der Waals surface area contributed by atoms with Gasteiger partial charge in [0.15, 0.2) is 0 Å². The molecule has 33 heavy (non-hydrogen) atoms. The van der Waals surface area contributed by atoms with Crippen molar-refractivity contribution in [2.24, 2.45) is 11.7 Å². The van der Waals surface area contributed by atoms with Crippen LogP contribution in [0, 0.1) is 12.8 Å². The first-order chi connectivity index (χ1) is 15.7. The molecule has 2 aromatic rings. The number of nitrogens with two attached hydrogens (primary N) is 1. The number of carbonyl (C=O) groups excluding carboxylic acids is 2. The molecule has 0 saturated carbocycles. The van der Waals surface area contributed by atoms with E-state index in [1.165, 1.54) is 10.4 Å². The number of pyridine rings is 1. The highest BCUT2D eigenvalue weighted by molar-refractivity contribution is 7.89. The van der Waals surface area contributed by atoms with Crippen molar-refractivity contribution in [1.82, 2.24) is 9.29 Å². The zero-order valence-corrected chi connectivity index (χ0v) is 20.1. The van der Waals surface area contributed by atoms with Crippen LogP contribution >= 0.6 is 0 Å². The highest BCUT2D eigenvalue weighted by Crippen LogP contribution is 2.24. The number of aryl methyl sites for hydroxylation is 1. The number of amides is 2. The summed E-state index contributed by atoms with van der Waals surface area (Å²) >= 11 is 0. The Morgan fingerprint density at radius 1 is 1.21 bits per heavy atom. The van der Waals surface area contributed by atoms with Crippen molar-refractivity contribution in [1.29, 1.82) is 0 Å². The molecule has 1 unspecified atom stereocenters. The number of aromatic nitrogens is 1. The number of rotatable bonds is 8. The SMILES string of the molecule is CCN(CC)S(=O)(=O)c1cc(C(=O)Nc2ccc(N3CCCC(C(N)=O)C3)nc2)ccc1C. The predicted octanol–water partition coefficient (Wildman–Crippen LogP) is 2.37. The fourth-order valence-electron chi connectivity index (χ4n) is 3.99. The third-order valence-corrected chi connectivity index (χ3v) is 8.12. The second kappa shape index (κ2) is 10.3. The molecule has 0 spiro atoms. The Bertz CT molecular complexity index is 1110. The van der Waals surface area contributed by atoms with Crippen LogP contribution in [0.1, 0.15) is 42.6 Å². The maximum atomic E-state index is 13.0. The molecule has 3 N–H and O–H groups in total. The van der Waals surface area contributed by atoms with Gasteiger partial charge in [-0.2, -0.15) is 4.31 Å². The maximum absolute atomic E-state index is 13.0. The van der Waals surface area contributed by atoms with Crippen LogP contribution in [-0.4, -0.2) is 55.7 Å². The quantitative estimate of drug-likeness (QED) is 0.606. The van der Waals surface area contributed by atoms with Gasteiger partial charge in [0.2, 0.25) is 15.9 Å². The van der Waals surface area contributed by atoms with E-state index in [1.807, 2.05) is 4.90 Å². The zero-order chi connectivity index (χ0) is 24.2. The lowest BCUT2D eigenvalue weighted by atomic mass is 9.97. The van der Waals surface area contributed by atoms with Crippen LogP contribution in [0.25, 0.3) is 0 Å². The molecular formula is C23H31N5O4S. The molecule has 9 nitrogen and oxygen atoms in total. The summed E-state index contributed by atoms with van der Waals surface area (Å²) in [5, 5.41) is 2.77. The van der Waals surface area contributed by atoms with Gasteiger partial charge in [-0.25, -0.2) is 13.4 Å². The number of piperidine rings is 1. The molecule has 2 heterocycles. The Balaban J connectivity index is 1.75. The lowest BCUT2D eigenvalue weighted by Gasteiger charge is -2.32. The minimum absolute atomic E-state index is 0.126. The molecule has 1 saturated heterocycles. The Labute approximate surface area is 195 Å². The molecule has 2 amide bonds. The minimum Gasteiger partial charge on any atom is -0.369 e. The van der Waals surface area contributed by atoms with E-state index in [9.17, 15) is 18.0 Å². The Morgan fingerprint density at radius 3 is 2.55 bits per heavy atom. The summed E-state index contributed by atoms with van der Waals surface area (Å²) in [6, 6.07) is 8.17. The largest absolute Gasteiger partial charge is 0.369 e. The summed E-state index contributed by atoms with van der Waals surface area (Å²) in [5.41, 5.74) is 6.76. The van der Waals surface area contributed by atoms with Crippen molar-refractivity contribution in [2.75, 3.05) is 36.4 Å². The monoisotopic (exact) mass is 473 g/mol. The lowest BCUT2D eigenvalue weighted by Crippen LogP contribution is -2.41. The van der Waals surface area contributed by atoms with Gasteiger partial charge < -0.3 is 16.0 Å². The summed E-state index contributed by atoms with van der Waals surface area (Å²) in [4.78, 5) is 30.9. The van der Waals surface area contributed by atoms with Crippen LogP contribution < -0.4 is 16.0 Å². The van der Waals surface area contributed by atoms with Crippen LogP contribution in [0.3, 0.4) is 0 Å². The van der Waals surface area contributed by atoms with Gasteiger partial charge in [0.1, 0.15) is 5.82 Å². The third-order valence-electron chi connectivity index (χ3n) is 5.93. The van der Waals surface area contributed by atoms with Crippen molar-refractivity contribution < 1.29 is 18.0 Å². The van der Waals surface area contributed by atoms with Gasteiger partial charge in [0.25, 0.3) is 5.91 Å². The Kier molecular flexibility index (Phi) is 7.70. The molecule has 178 valence electrons. The van der Waals surface area contributed by atoms with Gasteiger partial charge >= 0.3 is 0 Å². The van der Waals surface area contributed by atoms with Crippen molar-refractivity contribution in [3.63, 3.8) is 0 Å². The topological polar surface area (TPSA) is 126 Å². The molecule has 0 radical (unpaired) electrons. The van der Waals surface area contributed by atoms with Crippen molar-refractivity contribution in [3.8, 4) is 0 Å². The fraction of sp³-hybridized carbons (Fsp3) is 0.435. The molecule has 1 fully saturated rings. The van der Waals surface area contributed by atoms with Gasteiger partial charge in [0, 0.05) is 31.7 Å². The molecule has 1 aliphatic rings. The van der Waals surface area contributed by atoms with Crippen LogP contribution in [0.2, 0.25) is 0 Å². The molecule has 3 rings (SSSR count). The molecule has 1 aliphatic heterocycles. The number of carbonyl (C=O) groups is 2. The number of nitrogens with one attached hydrogen (secondary N) is 1. The third kappa shape index (κ3) is 5.51. The first-order valence-corrected chi connectivity index (χ1v) is 12.5. The molecule has 0 bridgehead atoms. The zero-order valence-electron chi connectivity index (χ0n) is 19.2. The van der Waals surface area contributed by atoms with Crippen molar-refractivity contribution >= 4 is 33.3 Å². The molecule has 1 aromatic heterocycles. The van der Waals surface area contributed by atoms with Gasteiger partial charge in [-0.3, -0.25) is 9.59 Å². The first-order valence-electron chi connectivity index (χ1n) is 11.1. The second-order valence-corrected chi connectivity index (χ2v) is 10.0. The molecule has 0 aliphatic carbocycles. The predicted molar refractivity (Wildman–Crippen MR) is 128 cm³/mol. The molecule has 10 heteroatoms. The van der Waals surface area contributed by atoms with Gasteiger partial charge in [0.05, 0.1) is 22.7 Å². The number of hydrogen-bond acceptors (Lipinski definition) is 6. The fourth-order valence-corrected chi connectivity index (χ4v) is 5.70. The first kappa shape index (κ1) is 24.7. The number of hydrogen-bond donors (Lipinski definition) is 2. The summed E-state index contributed by atoms with van der Waals surface area (Å²) in [5.74, 6) is -0.207. The van der Waals surface area contributed by atoms with E-state index in [0.29, 0.717) is 36.7 Å². The van der Waals surface area contributed by atoms with E-state index in [-0.39, 0.29) is 22.3 Å². The normalized spacial score (nSPS) is 16.6. The van der Waals surface area contributed by atoms with Gasteiger partial charge in [-0.05, 0) is 49.6 Å². The van der Waals surface area contributed by atoms with Crippen molar-refractivity contribution in [2.45, 2.75) is 38.5 Å². The minimum atomic E-state index is -3.69. The average molecular weight is 474 g/mol. The van der Waals surface area contributed by atoms with Crippen LogP contribution in [0.4, 0.5) is 11.5 Å². The van der Waals surface area contributed by atoms with Gasteiger partial charge in [-0.1, -0.05) is 19.9 Å². The van der Waals surface area contributed by atoms with E-state index < -0.39 is 15.9 Å². The summed E-state index contributed by atoms with van der Waals surface area (Å²) in [6.07, 6.45) is 3.19. The van der Waals surface area contributed by atoms with E-state index in [1.54, 1.807) is 51.2 Å². The Hall–Kier alpha value is -2.98. The number of primary amides is 1. The van der Waals surface area contributed by atoms with Crippen LogP contribution in [-0.2, 0) is 14.8 Å². The molecular weight excluding hydrogens is 442 g/mol. The number of benzene rings is 1. The lowest BCUT2D eigenvalue weighted by molar-refractivity contribution is -0.122.